The van der Waals surface area contributed by atoms with E-state index >= 15 is 0 Å². The Balaban J connectivity index is 1.77. The Morgan fingerprint density at radius 2 is 2.39 bits per heavy atom. The van der Waals surface area contributed by atoms with Crippen LogP contribution in [0.3, 0.4) is 0 Å². The zero-order chi connectivity index (χ0) is 12.5. The zero-order valence-electron chi connectivity index (χ0n) is 9.93. The van der Waals surface area contributed by atoms with Crippen molar-refractivity contribution in [2.45, 2.75) is 25.1 Å². The Morgan fingerprint density at radius 3 is 3.22 bits per heavy atom. The van der Waals surface area contributed by atoms with Crippen LogP contribution in [0.5, 0.6) is 0 Å². The highest BCUT2D eigenvalue weighted by molar-refractivity contribution is 6.30. The van der Waals surface area contributed by atoms with E-state index in [2.05, 4.69) is 5.32 Å². The van der Waals surface area contributed by atoms with E-state index < -0.39 is 0 Å². The molecule has 2 atom stereocenters. The average Bonchev–Trinajstić information content (AvgIpc) is 2.66. The Bertz CT molecular complexity index is 466. The predicted molar refractivity (Wildman–Crippen MR) is 68.5 cm³/mol. The molecule has 0 aromatic heterocycles. The van der Waals surface area contributed by atoms with Gasteiger partial charge < -0.3 is 10.1 Å². The molecule has 2 unspecified atom stereocenters. The number of carbonyl (C=O) groups excluding carboxylic acids is 1. The number of fused-ring (bicyclic) bond motifs is 1. The molecule has 2 fully saturated rings. The zero-order valence-corrected chi connectivity index (χ0v) is 10.7. The van der Waals surface area contributed by atoms with E-state index in [1.807, 2.05) is 29.2 Å². The third-order valence-electron chi connectivity index (χ3n) is 3.52. The van der Waals surface area contributed by atoms with Crippen molar-refractivity contribution in [3.8, 4) is 0 Å². The summed E-state index contributed by atoms with van der Waals surface area (Å²) in [5, 5.41) is 3.94. The number of halogens is 1. The highest BCUT2D eigenvalue weighted by Gasteiger charge is 2.42. The van der Waals surface area contributed by atoms with Gasteiger partial charge in [0.15, 0.2) is 0 Å². The van der Waals surface area contributed by atoms with Crippen LogP contribution in [0.4, 0.5) is 4.79 Å². The third kappa shape index (κ3) is 2.18. The molecule has 2 aliphatic heterocycles. The summed E-state index contributed by atoms with van der Waals surface area (Å²) >= 11 is 5.96. The smallest absolute Gasteiger partial charge is 0.410 e. The van der Waals surface area contributed by atoms with Crippen molar-refractivity contribution in [1.29, 1.82) is 0 Å². The monoisotopic (exact) mass is 266 g/mol. The fourth-order valence-electron chi connectivity index (χ4n) is 2.64. The highest BCUT2D eigenvalue weighted by atomic mass is 35.5. The second-order valence-corrected chi connectivity index (χ2v) is 5.18. The van der Waals surface area contributed by atoms with Gasteiger partial charge in [-0.3, -0.25) is 4.90 Å². The van der Waals surface area contributed by atoms with Gasteiger partial charge >= 0.3 is 6.09 Å². The number of carbonyl (C=O) groups is 1. The Morgan fingerprint density at radius 1 is 1.50 bits per heavy atom. The molecule has 96 valence electrons. The number of benzene rings is 1. The molecular weight excluding hydrogens is 252 g/mol. The minimum absolute atomic E-state index is 0.00886. The van der Waals surface area contributed by atoms with Gasteiger partial charge in [-0.15, -0.1) is 0 Å². The Kier molecular flexibility index (Phi) is 3.14. The van der Waals surface area contributed by atoms with E-state index in [0.717, 1.165) is 25.1 Å². The summed E-state index contributed by atoms with van der Waals surface area (Å²) in [6.45, 7) is 2.26. The van der Waals surface area contributed by atoms with E-state index in [-0.39, 0.29) is 18.2 Å². The van der Waals surface area contributed by atoms with Crippen LogP contribution >= 0.6 is 11.6 Å². The molecule has 5 heteroatoms. The molecule has 2 saturated heterocycles. The average molecular weight is 267 g/mol. The van der Waals surface area contributed by atoms with Crippen LogP contribution in [0.25, 0.3) is 0 Å². The van der Waals surface area contributed by atoms with Gasteiger partial charge in [0.25, 0.3) is 0 Å². The number of piperidine rings is 1. The van der Waals surface area contributed by atoms with Gasteiger partial charge in [-0.1, -0.05) is 23.7 Å². The number of hydrogen-bond acceptors (Lipinski definition) is 3. The van der Waals surface area contributed by atoms with Crippen LogP contribution in [0.15, 0.2) is 24.3 Å². The Hall–Kier alpha value is -1.26. The molecule has 3 rings (SSSR count). The quantitative estimate of drug-likeness (QED) is 0.891. The van der Waals surface area contributed by atoms with Crippen LogP contribution in [-0.2, 0) is 11.3 Å². The number of amides is 1. The molecule has 1 N–H and O–H groups in total. The summed E-state index contributed by atoms with van der Waals surface area (Å²) < 4.78 is 5.37. The summed E-state index contributed by atoms with van der Waals surface area (Å²) in [7, 11) is 0. The molecule has 0 radical (unpaired) electrons. The first-order chi connectivity index (χ1) is 8.74. The van der Waals surface area contributed by atoms with Crippen molar-refractivity contribution >= 4 is 17.7 Å². The predicted octanol–water partition coefficient (Wildman–Crippen LogP) is 2.02. The van der Waals surface area contributed by atoms with Crippen LogP contribution in [0.1, 0.15) is 12.0 Å². The summed E-state index contributed by atoms with van der Waals surface area (Å²) in [4.78, 5) is 13.7. The van der Waals surface area contributed by atoms with Gasteiger partial charge in [-0.2, -0.15) is 0 Å². The molecule has 4 nitrogen and oxygen atoms in total. The molecule has 2 aliphatic rings. The summed E-state index contributed by atoms with van der Waals surface area (Å²) in [6, 6.07) is 7.80. The third-order valence-corrected chi connectivity index (χ3v) is 3.76. The fraction of sp³-hybridized carbons (Fsp3) is 0.462. The topological polar surface area (TPSA) is 41.6 Å². The maximum Gasteiger partial charge on any atom is 0.410 e. The lowest BCUT2D eigenvalue weighted by Gasteiger charge is -2.28. The van der Waals surface area contributed by atoms with E-state index in [4.69, 9.17) is 16.3 Å². The SMILES string of the molecule is O=C1OC2CNCCC2N1Cc1cccc(Cl)c1. The first-order valence-electron chi connectivity index (χ1n) is 6.16. The van der Waals surface area contributed by atoms with Crippen molar-refractivity contribution in [2.24, 2.45) is 0 Å². The molecular formula is C13H15ClN2O2. The van der Waals surface area contributed by atoms with Gasteiger partial charge in [-0.05, 0) is 30.7 Å². The fourth-order valence-corrected chi connectivity index (χ4v) is 2.85. The minimum Gasteiger partial charge on any atom is -0.443 e. The van der Waals surface area contributed by atoms with Crippen molar-refractivity contribution in [3.05, 3.63) is 34.9 Å². The molecule has 0 bridgehead atoms. The summed E-state index contributed by atoms with van der Waals surface area (Å²) in [6.07, 6.45) is 0.718. The van der Waals surface area contributed by atoms with Crippen molar-refractivity contribution in [3.63, 3.8) is 0 Å². The molecule has 1 aromatic rings. The standard InChI is InChI=1S/C13H15ClN2O2/c14-10-3-1-2-9(6-10)8-16-11-4-5-15-7-12(11)18-13(16)17/h1-3,6,11-12,15H,4-5,7-8H2. The number of ether oxygens (including phenoxy) is 1. The van der Waals surface area contributed by atoms with Crippen LogP contribution < -0.4 is 5.32 Å². The van der Waals surface area contributed by atoms with Gasteiger partial charge in [0, 0.05) is 18.1 Å². The molecule has 18 heavy (non-hydrogen) atoms. The molecule has 2 heterocycles. The molecule has 0 aliphatic carbocycles. The molecule has 1 aromatic carbocycles. The van der Waals surface area contributed by atoms with E-state index in [1.54, 1.807) is 0 Å². The first-order valence-corrected chi connectivity index (χ1v) is 6.54. The number of rotatable bonds is 2. The number of hydrogen-bond donors (Lipinski definition) is 1. The molecule has 1 amide bonds. The largest absolute Gasteiger partial charge is 0.443 e. The number of nitrogens with one attached hydrogen (secondary N) is 1. The van der Waals surface area contributed by atoms with Gasteiger partial charge in [0.05, 0.1) is 6.04 Å². The van der Waals surface area contributed by atoms with Crippen LogP contribution in [-0.4, -0.2) is 36.2 Å². The van der Waals surface area contributed by atoms with E-state index in [0.29, 0.717) is 11.6 Å². The van der Waals surface area contributed by atoms with Crippen LogP contribution in [0, 0.1) is 0 Å². The maximum atomic E-state index is 11.9. The molecule has 0 spiro atoms. The first kappa shape index (κ1) is 11.8. The second-order valence-electron chi connectivity index (χ2n) is 4.74. The Labute approximate surface area is 111 Å². The second kappa shape index (κ2) is 4.78. The van der Waals surface area contributed by atoms with Gasteiger partial charge in [-0.25, -0.2) is 4.79 Å². The lowest BCUT2D eigenvalue weighted by molar-refractivity contribution is 0.121. The normalized spacial score (nSPS) is 26.9. The van der Waals surface area contributed by atoms with E-state index in [9.17, 15) is 4.79 Å². The maximum absolute atomic E-state index is 11.9. The summed E-state index contributed by atoms with van der Waals surface area (Å²) in [5.74, 6) is 0. The van der Waals surface area contributed by atoms with Crippen molar-refractivity contribution < 1.29 is 9.53 Å². The van der Waals surface area contributed by atoms with Gasteiger partial charge in [0.1, 0.15) is 6.10 Å². The number of nitrogens with zero attached hydrogens (tertiary/aromatic N) is 1. The lowest BCUT2D eigenvalue weighted by Crippen LogP contribution is -2.47. The van der Waals surface area contributed by atoms with Gasteiger partial charge in [0.2, 0.25) is 0 Å². The van der Waals surface area contributed by atoms with E-state index in [1.165, 1.54) is 0 Å². The highest BCUT2D eigenvalue weighted by Crippen LogP contribution is 2.26. The summed E-state index contributed by atoms with van der Waals surface area (Å²) in [5.41, 5.74) is 1.04. The minimum atomic E-state index is -0.214. The lowest BCUT2D eigenvalue weighted by atomic mass is 10.0. The van der Waals surface area contributed by atoms with Crippen molar-refractivity contribution in [2.75, 3.05) is 13.1 Å². The van der Waals surface area contributed by atoms with Crippen LogP contribution in [0.2, 0.25) is 5.02 Å². The van der Waals surface area contributed by atoms with Crippen molar-refractivity contribution in [1.82, 2.24) is 10.2 Å². The molecule has 0 saturated carbocycles.